The first kappa shape index (κ1) is 20.9. The molecule has 24 heavy (non-hydrogen) atoms. The molecule has 1 atom stereocenters. The molecular formula is C15H15Cl5N2S2. The van der Waals surface area contributed by atoms with Gasteiger partial charge >= 0.3 is 0 Å². The maximum absolute atomic E-state index is 6.31. The summed E-state index contributed by atoms with van der Waals surface area (Å²) in [5, 5.41) is 2.20. The lowest BCUT2D eigenvalue weighted by atomic mass is 10.3. The molecule has 0 aliphatic heterocycles. The number of benzene rings is 1. The van der Waals surface area contributed by atoms with Crippen LogP contribution in [-0.4, -0.2) is 25.8 Å². The second-order valence-corrected chi connectivity index (χ2v) is 10.1. The zero-order valence-corrected chi connectivity index (χ0v) is 18.3. The quantitative estimate of drug-likeness (QED) is 0.241. The second-order valence-electron chi connectivity index (χ2n) is 5.28. The number of halogens is 5. The van der Waals surface area contributed by atoms with Crippen LogP contribution in [0.4, 0.5) is 0 Å². The van der Waals surface area contributed by atoms with Crippen molar-refractivity contribution in [1.82, 2.24) is 9.55 Å². The minimum Gasteiger partial charge on any atom is -0.336 e. The van der Waals surface area contributed by atoms with Crippen LogP contribution in [0.1, 0.15) is 13.8 Å². The number of thioether (sulfide) groups is 2. The van der Waals surface area contributed by atoms with E-state index in [0.29, 0.717) is 25.4 Å². The van der Waals surface area contributed by atoms with Gasteiger partial charge in [-0.1, -0.05) is 71.9 Å². The average Bonchev–Trinajstić information content (AvgIpc) is 3.03. The van der Waals surface area contributed by atoms with Gasteiger partial charge in [-0.05, 0) is 5.25 Å². The van der Waals surface area contributed by atoms with Crippen molar-refractivity contribution in [3.8, 4) is 0 Å². The molecule has 0 saturated carbocycles. The van der Waals surface area contributed by atoms with Crippen LogP contribution in [0.15, 0.2) is 23.6 Å². The van der Waals surface area contributed by atoms with Gasteiger partial charge in [-0.3, -0.25) is 0 Å². The van der Waals surface area contributed by atoms with E-state index < -0.39 is 0 Å². The zero-order chi connectivity index (χ0) is 17.9. The van der Waals surface area contributed by atoms with Gasteiger partial charge in [0.15, 0.2) is 0 Å². The van der Waals surface area contributed by atoms with E-state index in [0.717, 1.165) is 12.3 Å². The molecule has 132 valence electrons. The first-order valence-electron chi connectivity index (χ1n) is 7.06. The highest BCUT2D eigenvalue weighted by molar-refractivity contribution is 8.03. The molecule has 0 amide bonds. The molecular weight excluding hydrogens is 450 g/mol. The van der Waals surface area contributed by atoms with Crippen LogP contribution < -0.4 is 0 Å². The van der Waals surface area contributed by atoms with Crippen LogP contribution in [0.3, 0.4) is 0 Å². The predicted molar refractivity (Wildman–Crippen MR) is 111 cm³/mol. The normalized spacial score (nSPS) is 12.8. The molecule has 1 aromatic heterocycles. The molecule has 1 aromatic carbocycles. The summed E-state index contributed by atoms with van der Waals surface area (Å²) in [6, 6.07) is 0. The maximum atomic E-state index is 6.31. The summed E-state index contributed by atoms with van der Waals surface area (Å²) in [7, 11) is 0. The minimum absolute atomic E-state index is 0.184. The van der Waals surface area contributed by atoms with Crippen molar-refractivity contribution in [3.63, 3.8) is 0 Å². The molecule has 0 fully saturated rings. The Morgan fingerprint density at radius 1 is 1.00 bits per heavy atom. The molecule has 0 aliphatic rings. The summed E-state index contributed by atoms with van der Waals surface area (Å²) < 4.78 is 2.06. The number of nitrogens with zero attached hydrogens (tertiary/aromatic N) is 2. The zero-order valence-electron chi connectivity index (χ0n) is 12.9. The Morgan fingerprint density at radius 2 is 1.58 bits per heavy atom. The Bertz CT molecular complexity index is 663. The van der Waals surface area contributed by atoms with Crippen LogP contribution in [-0.2, 0) is 6.54 Å². The maximum Gasteiger partial charge on any atom is 0.0946 e. The summed E-state index contributed by atoms with van der Waals surface area (Å²) >= 11 is 34.3. The summed E-state index contributed by atoms with van der Waals surface area (Å²) in [4.78, 5) is 4.75. The Kier molecular flexibility index (Phi) is 8.26. The topological polar surface area (TPSA) is 17.8 Å². The molecule has 0 spiro atoms. The lowest BCUT2D eigenvalue weighted by molar-refractivity contribution is 0.694. The van der Waals surface area contributed by atoms with E-state index in [1.54, 1.807) is 6.20 Å². The lowest BCUT2D eigenvalue weighted by Gasteiger charge is -2.20. The van der Waals surface area contributed by atoms with Crippen LogP contribution >= 0.6 is 81.5 Å². The summed E-state index contributed by atoms with van der Waals surface area (Å²) in [6.45, 7) is 5.19. The van der Waals surface area contributed by atoms with Gasteiger partial charge in [0, 0.05) is 34.8 Å². The first-order valence-corrected chi connectivity index (χ1v) is 10.9. The van der Waals surface area contributed by atoms with E-state index in [9.17, 15) is 0 Å². The van der Waals surface area contributed by atoms with Crippen molar-refractivity contribution in [1.29, 1.82) is 0 Å². The number of rotatable bonds is 7. The number of aromatic nitrogens is 2. The number of hydrogen-bond acceptors (Lipinski definition) is 3. The molecule has 9 heteroatoms. The highest BCUT2D eigenvalue weighted by Crippen LogP contribution is 2.48. The van der Waals surface area contributed by atoms with E-state index >= 15 is 0 Å². The predicted octanol–water partition coefficient (Wildman–Crippen LogP) is 7.45. The number of hydrogen-bond donors (Lipinski definition) is 0. The Morgan fingerprint density at radius 3 is 2.08 bits per heavy atom. The smallest absolute Gasteiger partial charge is 0.0946 e. The van der Waals surface area contributed by atoms with Crippen molar-refractivity contribution in [2.75, 3.05) is 5.75 Å². The molecule has 1 heterocycles. The summed E-state index contributed by atoms with van der Waals surface area (Å²) in [6.07, 6.45) is 5.54. The van der Waals surface area contributed by atoms with Crippen LogP contribution in [0.2, 0.25) is 25.1 Å². The SMILES string of the molecule is CC(C)SC(CSc1c(Cl)c(Cl)c(Cl)c(Cl)c1Cl)Cn1ccnc1. The van der Waals surface area contributed by atoms with Gasteiger partial charge in [-0.15, -0.1) is 11.8 Å². The standard InChI is InChI=1S/C15H15Cl5N2S2/c1-8(2)24-9(5-22-4-3-21-7-22)6-23-15-13(19)11(17)10(16)12(18)14(15)20/h3-4,7-9H,5-6H2,1-2H3. The highest BCUT2D eigenvalue weighted by Gasteiger charge is 2.21. The summed E-state index contributed by atoms with van der Waals surface area (Å²) in [5.74, 6) is 0.800. The van der Waals surface area contributed by atoms with E-state index in [-0.39, 0.29) is 15.1 Å². The average molecular weight is 465 g/mol. The van der Waals surface area contributed by atoms with E-state index in [4.69, 9.17) is 58.0 Å². The van der Waals surface area contributed by atoms with Crippen LogP contribution in [0.5, 0.6) is 0 Å². The molecule has 0 aliphatic carbocycles. The lowest BCUT2D eigenvalue weighted by Crippen LogP contribution is -2.17. The third-order valence-electron chi connectivity index (χ3n) is 3.02. The fraction of sp³-hybridized carbons (Fsp3) is 0.400. The number of imidazole rings is 1. The molecule has 0 bridgehead atoms. The third-order valence-corrected chi connectivity index (χ3v) is 8.24. The van der Waals surface area contributed by atoms with Crippen molar-refractivity contribution >= 4 is 81.5 Å². The van der Waals surface area contributed by atoms with Crippen molar-refractivity contribution < 1.29 is 0 Å². The first-order chi connectivity index (χ1) is 11.3. The molecule has 2 aromatic rings. The van der Waals surface area contributed by atoms with Gasteiger partial charge in [0.1, 0.15) is 0 Å². The molecule has 2 rings (SSSR count). The monoisotopic (exact) mass is 462 g/mol. The minimum atomic E-state index is 0.184. The Labute approximate surface area is 175 Å². The molecule has 1 unspecified atom stereocenters. The van der Waals surface area contributed by atoms with Gasteiger partial charge in [-0.2, -0.15) is 11.8 Å². The largest absolute Gasteiger partial charge is 0.336 e. The Hall–Kier alpha value is 0.580. The molecule has 0 radical (unpaired) electrons. The van der Waals surface area contributed by atoms with Crippen molar-refractivity contribution in [2.24, 2.45) is 0 Å². The fourth-order valence-corrected chi connectivity index (χ4v) is 6.08. The third kappa shape index (κ3) is 5.29. The molecule has 2 nitrogen and oxygen atoms in total. The van der Waals surface area contributed by atoms with Gasteiger partial charge in [-0.25, -0.2) is 4.98 Å². The summed E-state index contributed by atoms with van der Waals surface area (Å²) in [5.41, 5.74) is 0. The highest BCUT2D eigenvalue weighted by atomic mass is 35.5. The Balaban J connectivity index is 2.17. The molecule has 0 saturated heterocycles. The fourth-order valence-electron chi connectivity index (χ4n) is 2.04. The second kappa shape index (κ2) is 9.50. The van der Waals surface area contributed by atoms with Gasteiger partial charge in [0.25, 0.3) is 0 Å². The van der Waals surface area contributed by atoms with E-state index in [2.05, 4.69) is 23.4 Å². The van der Waals surface area contributed by atoms with Gasteiger partial charge < -0.3 is 4.57 Å². The molecule has 0 N–H and O–H groups in total. The van der Waals surface area contributed by atoms with E-state index in [1.807, 2.05) is 24.3 Å². The van der Waals surface area contributed by atoms with E-state index in [1.165, 1.54) is 11.8 Å². The van der Waals surface area contributed by atoms with Crippen LogP contribution in [0.25, 0.3) is 0 Å². The van der Waals surface area contributed by atoms with Gasteiger partial charge in [0.05, 0.1) is 31.4 Å². The van der Waals surface area contributed by atoms with Crippen molar-refractivity contribution in [3.05, 3.63) is 43.8 Å². The van der Waals surface area contributed by atoms with Gasteiger partial charge in [0.2, 0.25) is 0 Å². The van der Waals surface area contributed by atoms with Crippen molar-refractivity contribution in [2.45, 2.75) is 35.8 Å². The van der Waals surface area contributed by atoms with Crippen LogP contribution in [0, 0.1) is 0 Å².